The number of primary amides is 1. The summed E-state index contributed by atoms with van der Waals surface area (Å²) < 4.78 is 1.85. The largest absolute Gasteiger partial charge is 0.480 e. The van der Waals surface area contributed by atoms with Crippen LogP contribution in [0.15, 0.2) is 17.8 Å². The van der Waals surface area contributed by atoms with Crippen molar-refractivity contribution in [3.8, 4) is 0 Å². The van der Waals surface area contributed by atoms with Crippen LogP contribution in [-0.4, -0.2) is 44.4 Å². The van der Waals surface area contributed by atoms with E-state index >= 15 is 0 Å². The fraction of sp³-hybridized carbons (Fsp3) is 0.300. The second-order valence-electron chi connectivity index (χ2n) is 3.83. The van der Waals surface area contributed by atoms with Gasteiger partial charge in [-0.25, -0.2) is 4.98 Å². The first-order chi connectivity index (χ1) is 8.54. The minimum atomic E-state index is -1.00. The smallest absolute Gasteiger partial charge is 0.317 e. The summed E-state index contributed by atoms with van der Waals surface area (Å²) in [5, 5.41) is 10.7. The van der Waals surface area contributed by atoms with Gasteiger partial charge in [0.15, 0.2) is 4.96 Å². The molecular formula is C10H12N4O3S. The van der Waals surface area contributed by atoms with Crippen molar-refractivity contribution in [3.05, 3.63) is 23.5 Å². The number of carboxylic acid groups (broad SMARTS) is 1. The van der Waals surface area contributed by atoms with Gasteiger partial charge in [-0.1, -0.05) is 0 Å². The molecule has 0 bridgehead atoms. The molecule has 18 heavy (non-hydrogen) atoms. The Morgan fingerprint density at radius 2 is 2.28 bits per heavy atom. The van der Waals surface area contributed by atoms with Crippen molar-refractivity contribution in [2.45, 2.75) is 6.54 Å². The van der Waals surface area contributed by atoms with Crippen LogP contribution < -0.4 is 5.73 Å². The van der Waals surface area contributed by atoms with Gasteiger partial charge in [0, 0.05) is 24.3 Å². The van der Waals surface area contributed by atoms with Crippen LogP contribution in [0.25, 0.3) is 4.96 Å². The minimum Gasteiger partial charge on any atom is -0.480 e. The molecule has 0 aromatic carbocycles. The Bertz CT molecular complexity index is 532. The van der Waals surface area contributed by atoms with Crippen LogP contribution in [-0.2, 0) is 16.1 Å². The van der Waals surface area contributed by atoms with Crippen LogP contribution >= 0.6 is 11.3 Å². The number of fused-ring (bicyclic) bond motifs is 1. The SMILES string of the molecule is NC(=O)CN(CC(=O)O)Cc1cn2ccsc2n1. The van der Waals surface area contributed by atoms with Crippen LogP contribution in [0.5, 0.6) is 0 Å². The number of amides is 1. The second-order valence-corrected chi connectivity index (χ2v) is 4.70. The van der Waals surface area contributed by atoms with Gasteiger partial charge in [-0.2, -0.15) is 0 Å². The Labute approximate surface area is 106 Å². The van der Waals surface area contributed by atoms with E-state index in [0.29, 0.717) is 5.69 Å². The third-order valence-electron chi connectivity index (χ3n) is 2.27. The van der Waals surface area contributed by atoms with Gasteiger partial charge >= 0.3 is 5.97 Å². The Hall–Kier alpha value is -1.93. The number of hydrogen-bond acceptors (Lipinski definition) is 5. The van der Waals surface area contributed by atoms with E-state index in [-0.39, 0.29) is 19.6 Å². The molecule has 0 radical (unpaired) electrons. The first-order valence-corrected chi connectivity index (χ1v) is 6.06. The fourth-order valence-corrected chi connectivity index (χ4v) is 2.38. The molecule has 0 saturated heterocycles. The zero-order chi connectivity index (χ0) is 13.1. The summed E-state index contributed by atoms with van der Waals surface area (Å²) in [6.07, 6.45) is 3.67. The van der Waals surface area contributed by atoms with E-state index in [2.05, 4.69) is 4.98 Å². The number of carbonyl (C=O) groups excluding carboxylic acids is 1. The molecule has 0 fully saturated rings. The molecule has 2 aromatic heterocycles. The topological polar surface area (TPSA) is 101 Å². The van der Waals surface area contributed by atoms with Crippen molar-refractivity contribution in [1.29, 1.82) is 0 Å². The molecule has 0 atom stereocenters. The molecule has 7 nitrogen and oxygen atoms in total. The lowest BCUT2D eigenvalue weighted by Crippen LogP contribution is -2.36. The molecule has 0 aliphatic heterocycles. The normalized spacial score (nSPS) is 11.2. The Balaban J connectivity index is 2.09. The number of aromatic nitrogens is 2. The van der Waals surface area contributed by atoms with E-state index in [0.717, 1.165) is 4.96 Å². The van der Waals surface area contributed by atoms with Crippen LogP contribution in [0.2, 0.25) is 0 Å². The van der Waals surface area contributed by atoms with Crippen molar-refractivity contribution >= 4 is 28.2 Å². The zero-order valence-electron chi connectivity index (χ0n) is 9.44. The Morgan fingerprint density at radius 1 is 1.50 bits per heavy atom. The lowest BCUT2D eigenvalue weighted by Gasteiger charge is -2.16. The molecule has 2 rings (SSSR count). The van der Waals surface area contributed by atoms with Crippen molar-refractivity contribution < 1.29 is 14.7 Å². The molecule has 1 amide bonds. The van der Waals surface area contributed by atoms with Gasteiger partial charge in [0.1, 0.15) is 0 Å². The zero-order valence-corrected chi connectivity index (χ0v) is 10.3. The van der Waals surface area contributed by atoms with Gasteiger partial charge in [-0.05, 0) is 0 Å². The molecular weight excluding hydrogens is 256 g/mol. The monoisotopic (exact) mass is 268 g/mol. The molecule has 3 N–H and O–H groups in total. The Kier molecular flexibility index (Phi) is 3.58. The van der Waals surface area contributed by atoms with Gasteiger partial charge in [-0.3, -0.25) is 18.9 Å². The van der Waals surface area contributed by atoms with Gasteiger partial charge in [0.25, 0.3) is 0 Å². The minimum absolute atomic E-state index is 0.0997. The van der Waals surface area contributed by atoms with Gasteiger partial charge in [0.2, 0.25) is 5.91 Å². The highest BCUT2D eigenvalue weighted by atomic mass is 32.1. The third kappa shape index (κ3) is 3.05. The summed E-state index contributed by atoms with van der Waals surface area (Å²) in [6.45, 7) is -0.0603. The maximum atomic E-state index is 10.9. The highest BCUT2D eigenvalue weighted by molar-refractivity contribution is 7.15. The van der Waals surface area contributed by atoms with Crippen molar-refractivity contribution in [1.82, 2.24) is 14.3 Å². The number of hydrogen-bond donors (Lipinski definition) is 2. The number of aliphatic carboxylic acids is 1. The molecule has 0 spiro atoms. The summed E-state index contributed by atoms with van der Waals surface area (Å²) >= 11 is 1.49. The molecule has 2 aromatic rings. The number of rotatable bonds is 6. The molecule has 2 heterocycles. The summed E-state index contributed by atoms with van der Waals surface area (Å²) in [4.78, 5) is 28.2. The van der Waals surface area contributed by atoms with Crippen molar-refractivity contribution in [2.75, 3.05) is 13.1 Å². The number of carbonyl (C=O) groups is 2. The number of carboxylic acids is 1. The van der Waals surface area contributed by atoms with E-state index in [9.17, 15) is 9.59 Å². The van der Waals surface area contributed by atoms with Crippen LogP contribution in [0, 0.1) is 0 Å². The third-order valence-corrected chi connectivity index (χ3v) is 3.04. The summed E-state index contributed by atoms with van der Waals surface area (Å²) in [6, 6.07) is 0. The fourth-order valence-electron chi connectivity index (χ4n) is 1.66. The van der Waals surface area contributed by atoms with Crippen molar-refractivity contribution in [2.24, 2.45) is 5.73 Å². The number of nitrogens with zero attached hydrogens (tertiary/aromatic N) is 3. The molecule has 8 heteroatoms. The van der Waals surface area contributed by atoms with Crippen molar-refractivity contribution in [3.63, 3.8) is 0 Å². The summed E-state index contributed by atoms with van der Waals surface area (Å²) in [5.74, 6) is -1.56. The van der Waals surface area contributed by atoms with Gasteiger partial charge in [0.05, 0.1) is 18.8 Å². The highest BCUT2D eigenvalue weighted by Crippen LogP contribution is 2.12. The maximum Gasteiger partial charge on any atom is 0.317 e. The quantitative estimate of drug-likeness (QED) is 0.753. The predicted octanol–water partition coefficient (Wildman–Crippen LogP) is -0.232. The number of nitrogens with two attached hydrogens (primary N) is 1. The van der Waals surface area contributed by atoms with Gasteiger partial charge in [-0.15, -0.1) is 11.3 Å². The van der Waals surface area contributed by atoms with Crippen LogP contribution in [0.1, 0.15) is 5.69 Å². The molecule has 0 saturated carbocycles. The first kappa shape index (κ1) is 12.5. The average molecular weight is 268 g/mol. The van der Waals surface area contributed by atoms with E-state index in [1.54, 1.807) is 0 Å². The van der Waals surface area contributed by atoms with E-state index in [1.807, 2.05) is 22.2 Å². The van der Waals surface area contributed by atoms with E-state index < -0.39 is 11.9 Å². The lowest BCUT2D eigenvalue weighted by molar-refractivity contribution is -0.138. The van der Waals surface area contributed by atoms with E-state index in [4.69, 9.17) is 10.8 Å². The average Bonchev–Trinajstić information content (AvgIpc) is 2.74. The number of thiazole rings is 1. The summed E-state index contributed by atoms with van der Waals surface area (Å²) in [7, 11) is 0. The highest BCUT2D eigenvalue weighted by Gasteiger charge is 2.14. The Morgan fingerprint density at radius 3 is 2.89 bits per heavy atom. The predicted molar refractivity (Wildman–Crippen MR) is 65.2 cm³/mol. The maximum absolute atomic E-state index is 10.9. The second kappa shape index (κ2) is 5.15. The molecule has 0 unspecified atom stereocenters. The summed E-state index contributed by atoms with van der Waals surface area (Å²) in [5.41, 5.74) is 5.79. The van der Waals surface area contributed by atoms with E-state index in [1.165, 1.54) is 16.2 Å². The molecule has 96 valence electrons. The number of imidazole rings is 1. The van der Waals surface area contributed by atoms with Gasteiger partial charge < -0.3 is 10.8 Å². The molecule has 0 aliphatic carbocycles. The lowest BCUT2D eigenvalue weighted by atomic mass is 10.4. The first-order valence-electron chi connectivity index (χ1n) is 5.18. The molecule has 0 aliphatic rings. The van der Waals surface area contributed by atoms with Crippen LogP contribution in [0.3, 0.4) is 0 Å². The standard InChI is InChI=1S/C10H12N4O3S/c11-8(15)5-13(6-9(16)17)3-7-4-14-1-2-18-10(14)12-7/h1-2,4H,3,5-6H2,(H2,11,15)(H,16,17). The van der Waals surface area contributed by atoms with Crippen LogP contribution in [0.4, 0.5) is 0 Å².